The highest BCUT2D eigenvalue weighted by Gasteiger charge is 2.36. The van der Waals surface area contributed by atoms with Crippen molar-refractivity contribution in [3.8, 4) is 0 Å². The summed E-state index contributed by atoms with van der Waals surface area (Å²) < 4.78 is 0. The quantitative estimate of drug-likeness (QED) is 0.862. The monoisotopic (exact) mass is 233 g/mol. The van der Waals surface area contributed by atoms with Crippen molar-refractivity contribution < 1.29 is 0 Å². The molecule has 0 atom stereocenters. The Bertz CT molecular complexity index is 380. The van der Waals surface area contributed by atoms with Gasteiger partial charge in [0.05, 0.1) is 0 Å². The van der Waals surface area contributed by atoms with E-state index in [2.05, 4.69) is 36.0 Å². The largest absolute Gasteiger partial charge is 0.321 e. The highest BCUT2D eigenvalue weighted by atomic mass is 32.2. The molecule has 2 saturated carbocycles. The van der Waals surface area contributed by atoms with E-state index in [9.17, 15) is 0 Å². The molecule has 2 aliphatic carbocycles. The molecular formula is C14H19NS. The van der Waals surface area contributed by atoms with Crippen LogP contribution in [0.5, 0.6) is 0 Å². The summed E-state index contributed by atoms with van der Waals surface area (Å²) in [4.78, 5) is 1.44. The van der Waals surface area contributed by atoms with Crippen LogP contribution in [-0.4, -0.2) is 5.25 Å². The van der Waals surface area contributed by atoms with Gasteiger partial charge in [0.25, 0.3) is 0 Å². The van der Waals surface area contributed by atoms with E-state index in [4.69, 9.17) is 5.73 Å². The Kier molecular flexibility index (Phi) is 2.72. The maximum atomic E-state index is 6.45. The Balaban J connectivity index is 1.85. The van der Waals surface area contributed by atoms with Gasteiger partial charge in [-0.05, 0) is 43.7 Å². The van der Waals surface area contributed by atoms with Gasteiger partial charge < -0.3 is 5.73 Å². The van der Waals surface area contributed by atoms with Crippen molar-refractivity contribution in [3.63, 3.8) is 0 Å². The molecule has 16 heavy (non-hydrogen) atoms. The molecule has 2 heteroatoms. The van der Waals surface area contributed by atoms with E-state index in [1.807, 2.05) is 0 Å². The number of benzene rings is 1. The molecule has 0 saturated heterocycles. The zero-order chi connectivity index (χ0) is 11.0. The van der Waals surface area contributed by atoms with Crippen LogP contribution in [0.2, 0.25) is 0 Å². The number of rotatable bonds is 3. The highest BCUT2D eigenvalue weighted by Crippen LogP contribution is 2.45. The summed E-state index contributed by atoms with van der Waals surface area (Å²) in [7, 11) is 0. The van der Waals surface area contributed by atoms with E-state index in [0.717, 1.165) is 18.1 Å². The van der Waals surface area contributed by atoms with Crippen molar-refractivity contribution >= 4 is 11.8 Å². The standard InChI is InChI=1S/C14H19NS/c15-14(9-4-10-14)12-7-1-2-8-13(12)16-11-5-3-6-11/h1-2,7-8,11H,3-6,9-10,15H2. The van der Waals surface area contributed by atoms with Crippen molar-refractivity contribution in [2.45, 2.75) is 54.2 Å². The van der Waals surface area contributed by atoms with Crippen molar-refractivity contribution in [1.29, 1.82) is 0 Å². The second-order valence-corrected chi connectivity index (χ2v) is 6.52. The Labute approximate surface area is 102 Å². The first-order chi connectivity index (χ1) is 7.78. The Morgan fingerprint density at radius 3 is 2.44 bits per heavy atom. The second kappa shape index (κ2) is 4.08. The summed E-state index contributed by atoms with van der Waals surface area (Å²) in [6, 6.07) is 8.77. The summed E-state index contributed by atoms with van der Waals surface area (Å²) in [6.07, 6.45) is 7.80. The Morgan fingerprint density at radius 2 is 1.88 bits per heavy atom. The zero-order valence-corrected chi connectivity index (χ0v) is 10.4. The summed E-state index contributed by atoms with van der Waals surface area (Å²) in [5.41, 5.74) is 7.84. The van der Waals surface area contributed by atoms with Gasteiger partial charge >= 0.3 is 0 Å². The molecular weight excluding hydrogens is 214 g/mol. The first kappa shape index (κ1) is 10.7. The average Bonchev–Trinajstić information content (AvgIpc) is 2.21. The van der Waals surface area contributed by atoms with Crippen LogP contribution in [0.1, 0.15) is 44.1 Å². The van der Waals surface area contributed by atoms with Crippen LogP contribution in [-0.2, 0) is 5.54 Å². The van der Waals surface area contributed by atoms with Gasteiger partial charge in [-0.25, -0.2) is 0 Å². The normalized spacial score (nSPS) is 23.6. The van der Waals surface area contributed by atoms with Crippen LogP contribution in [0.15, 0.2) is 29.2 Å². The van der Waals surface area contributed by atoms with Crippen molar-refractivity contribution in [3.05, 3.63) is 29.8 Å². The second-order valence-electron chi connectivity index (χ2n) is 5.18. The van der Waals surface area contributed by atoms with Crippen LogP contribution in [0.25, 0.3) is 0 Å². The van der Waals surface area contributed by atoms with Gasteiger partial charge in [0, 0.05) is 15.7 Å². The third-order valence-corrected chi connectivity index (χ3v) is 5.43. The predicted molar refractivity (Wildman–Crippen MR) is 69.7 cm³/mol. The molecule has 0 amide bonds. The van der Waals surface area contributed by atoms with Gasteiger partial charge in [-0.2, -0.15) is 0 Å². The van der Waals surface area contributed by atoms with Gasteiger partial charge in [0.2, 0.25) is 0 Å². The SMILES string of the molecule is NC1(c2ccccc2SC2CCC2)CCC1. The molecule has 2 fully saturated rings. The van der Waals surface area contributed by atoms with E-state index >= 15 is 0 Å². The zero-order valence-electron chi connectivity index (χ0n) is 9.61. The highest BCUT2D eigenvalue weighted by molar-refractivity contribution is 8.00. The number of hydrogen-bond donors (Lipinski definition) is 1. The fourth-order valence-electron chi connectivity index (χ4n) is 2.48. The van der Waals surface area contributed by atoms with Gasteiger partial charge in [-0.15, -0.1) is 11.8 Å². The maximum absolute atomic E-state index is 6.45. The molecule has 0 bridgehead atoms. The summed E-state index contributed by atoms with van der Waals surface area (Å²) in [5, 5.41) is 0.852. The van der Waals surface area contributed by atoms with E-state index in [0.29, 0.717) is 0 Å². The van der Waals surface area contributed by atoms with E-state index < -0.39 is 0 Å². The third-order valence-electron chi connectivity index (χ3n) is 4.02. The topological polar surface area (TPSA) is 26.0 Å². The third kappa shape index (κ3) is 1.78. The fraction of sp³-hybridized carbons (Fsp3) is 0.571. The average molecular weight is 233 g/mol. The molecule has 0 unspecified atom stereocenters. The molecule has 1 nitrogen and oxygen atoms in total. The predicted octanol–water partition coefficient (Wildman–Crippen LogP) is 3.67. The van der Waals surface area contributed by atoms with E-state index in [1.54, 1.807) is 0 Å². The molecule has 0 aliphatic heterocycles. The lowest BCUT2D eigenvalue weighted by Crippen LogP contribution is -2.43. The molecule has 0 aromatic heterocycles. The molecule has 86 valence electrons. The number of hydrogen-bond acceptors (Lipinski definition) is 2. The Hall–Kier alpha value is -0.470. The minimum absolute atomic E-state index is 0.00661. The molecule has 1 aromatic rings. The van der Waals surface area contributed by atoms with Crippen molar-refractivity contribution in [2.75, 3.05) is 0 Å². The summed E-state index contributed by atoms with van der Waals surface area (Å²) in [5.74, 6) is 0. The van der Waals surface area contributed by atoms with Gasteiger partial charge in [0.15, 0.2) is 0 Å². The van der Waals surface area contributed by atoms with Crippen LogP contribution in [0.3, 0.4) is 0 Å². The van der Waals surface area contributed by atoms with Crippen molar-refractivity contribution in [1.82, 2.24) is 0 Å². The smallest absolute Gasteiger partial charge is 0.0420 e. The van der Waals surface area contributed by atoms with Crippen molar-refractivity contribution in [2.24, 2.45) is 5.73 Å². The lowest BCUT2D eigenvalue weighted by molar-refractivity contribution is 0.249. The number of thioether (sulfide) groups is 1. The van der Waals surface area contributed by atoms with Gasteiger partial charge in [-0.3, -0.25) is 0 Å². The minimum Gasteiger partial charge on any atom is -0.321 e. The first-order valence-corrected chi connectivity index (χ1v) is 7.21. The molecule has 0 spiro atoms. The molecule has 3 rings (SSSR count). The van der Waals surface area contributed by atoms with Crippen LogP contribution >= 0.6 is 11.8 Å². The van der Waals surface area contributed by atoms with E-state index in [-0.39, 0.29) is 5.54 Å². The number of nitrogens with two attached hydrogens (primary N) is 1. The molecule has 1 aromatic carbocycles. The Morgan fingerprint density at radius 1 is 1.12 bits per heavy atom. The van der Waals surface area contributed by atoms with Gasteiger partial charge in [0.1, 0.15) is 0 Å². The molecule has 0 radical (unpaired) electrons. The maximum Gasteiger partial charge on any atom is 0.0420 e. The lowest BCUT2D eigenvalue weighted by Gasteiger charge is -2.40. The van der Waals surface area contributed by atoms with Crippen LogP contribution in [0.4, 0.5) is 0 Å². The molecule has 2 N–H and O–H groups in total. The fourth-order valence-corrected chi connectivity index (χ4v) is 3.96. The molecule has 2 aliphatic rings. The minimum atomic E-state index is -0.00661. The molecule has 0 heterocycles. The summed E-state index contributed by atoms with van der Waals surface area (Å²) >= 11 is 2.05. The lowest BCUT2D eigenvalue weighted by atomic mass is 9.73. The van der Waals surface area contributed by atoms with Crippen LogP contribution < -0.4 is 5.73 Å². The van der Waals surface area contributed by atoms with Gasteiger partial charge in [-0.1, -0.05) is 24.6 Å². The van der Waals surface area contributed by atoms with E-state index in [1.165, 1.54) is 36.1 Å². The summed E-state index contributed by atoms with van der Waals surface area (Å²) in [6.45, 7) is 0. The first-order valence-electron chi connectivity index (χ1n) is 6.33. The van der Waals surface area contributed by atoms with Crippen LogP contribution in [0, 0.1) is 0 Å².